The molecular formula is C44H48N6O6. The number of rotatable bonds is 8. The lowest BCUT2D eigenvalue weighted by Gasteiger charge is -2.63. The van der Waals surface area contributed by atoms with E-state index in [4.69, 9.17) is 4.74 Å². The van der Waals surface area contributed by atoms with Crippen LogP contribution in [0.2, 0.25) is 0 Å². The summed E-state index contributed by atoms with van der Waals surface area (Å²) in [5.74, 6) is -0.802. The van der Waals surface area contributed by atoms with Gasteiger partial charge in [-0.2, -0.15) is 5.26 Å². The van der Waals surface area contributed by atoms with Crippen molar-refractivity contribution in [2.45, 2.75) is 91.6 Å². The second-order valence-corrected chi connectivity index (χ2v) is 17.4. The van der Waals surface area contributed by atoms with Gasteiger partial charge in [0.1, 0.15) is 17.9 Å². The van der Waals surface area contributed by atoms with Gasteiger partial charge in [0.15, 0.2) is 0 Å². The van der Waals surface area contributed by atoms with Crippen LogP contribution in [-0.2, 0) is 22.7 Å². The van der Waals surface area contributed by atoms with Crippen molar-refractivity contribution in [2.75, 3.05) is 24.5 Å². The Morgan fingerprint density at radius 2 is 1.52 bits per heavy atom. The maximum Gasteiger partial charge on any atom is 0.262 e. The number of nitrogens with zero attached hydrogens (tertiary/aromatic N) is 4. The topological polar surface area (TPSA) is 152 Å². The first-order chi connectivity index (χ1) is 26.6. The van der Waals surface area contributed by atoms with Gasteiger partial charge in [-0.25, -0.2) is 0 Å². The van der Waals surface area contributed by atoms with E-state index < -0.39 is 23.8 Å². The second kappa shape index (κ2) is 13.9. The molecule has 8 rings (SSSR count). The lowest BCUT2D eigenvalue weighted by Crippen LogP contribution is -2.74. The van der Waals surface area contributed by atoms with Gasteiger partial charge in [-0.05, 0) is 103 Å². The van der Waals surface area contributed by atoms with E-state index in [9.17, 15) is 29.2 Å². The molecule has 2 saturated heterocycles. The number of carbonyl (C=O) groups excluding carboxylic acids is 5. The lowest BCUT2D eigenvalue weighted by molar-refractivity contribution is -0.164. The van der Waals surface area contributed by atoms with Crippen LogP contribution in [0.1, 0.15) is 107 Å². The molecule has 12 nitrogen and oxygen atoms in total. The van der Waals surface area contributed by atoms with Gasteiger partial charge >= 0.3 is 0 Å². The summed E-state index contributed by atoms with van der Waals surface area (Å²) in [6.07, 6.45) is 2.17. The predicted octanol–water partition coefficient (Wildman–Crippen LogP) is 5.11. The number of hydrogen-bond donors (Lipinski definition) is 2. The summed E-state index contributed by atoms with van der Waals surface area (Å²) in [6, 6.07) is 18.2. The van der Waals surface area contributed by atoms with Crippen molar-refractivity contribution >= 4 is 35.2 Å². The monoisotopic (exact) mass is 756 g/mol. The van der Waals surface area contributed by atoms with Gasteiger partial charge in [-0.3, -0.25) is 39.1 Å². The van der Waals surface area contributed by atoms with Crippen molar-refractivity contribution < 1.29 is 28.7 Å². The number of aryl methyl sites for hydroxylation is 1. The highest BCUT2D eigenvalue weighted by molar-refractivity contribution is 6.23. The minimum Gasteiger partial charge on any atom is -0.489 e. The number of anilines is 1. The minimum absolute atomic E-state index is 0.0962. The molecule has 5 amide bonds. The van der Waals surface area contributed by atoms with Crippen LogP contribution in [0.4, 0.5) is 5.69 Å². The Kier molecular flexibility index (Phi) is 9.27. The molecule has 0 spiro atoms. The van der Waals surface area contributed by atoms with Crippen molar-refractivity contribution in [3.63, 3.8) is 0 Å². The average molecular weight is 757 g/mol. The van der Waals surface area contributed by atoms with Gasteiger partial charge in [0, 0.05) is 67.3 Å². The highest BCUT2D eigenvalue weighted by atomic mass is 16.5. The summed E-state index contributed by atoms with van der Waals surface area (Å²) < 4.78 is 6.46. The van der Waals surface area contributed by atoms with Crippen LogP contribution in [0, 0.1) is 35.0 Å². The number of imide groups is 2. The molecule has 1 aliphatic carbocycles. The van der Waals surface area contributed by atoms with E-state index in [1.807, 2.05) is 55.5 Å². The summed E-state index contributed by atoms with van der Waals surface area (Å²) in [6.45, 7) is 14.5. The maximum absolute atomic E-state index is 13.5. The Labute approximate surface area is 327 Å². The van der Waals surface area contributed by atoms with E-state index >= 15 is 0 Å². The quantitative estimate of drug-likeness (QED) is 0.299. The van der Waals surface area contributed by atoms with E-state index in [1.165, 1.54) is 0 Å². The second-order valence-electron chi connectivity index (χ2n) is 17.4. The van der Waals surface area contributed by atoms with Crippen LogP contribution in [0.5, 0.6) is 5.75 Å². The van der Waals surface area contributed by atoms with E-state index in [2.05, 4.69) is 54.2 Å². The minimum atomic E-state index is -0.964. The SMILES string of the molecule is Cc1cc(OC2C(C)(C)C(NC(=O)c3ccc(N4CCC(CN5Cc6cc7c(cc6C5)C(=O)N(C5CCC(=O)NC5=O)C7=O)CC4)cc3)C2(C)C)ccc1C#N. The number of piperidine rings is 2. The Bertz CT molecular complexity index is 2140. The number of amides is 5. The molecule has 1 atom stereocenters. The molecule has 4 heterocycles. The Hall–Kier alpha value is -5.54. The first-order valence-corrected chi connectivity index (χ1v) is 19.6. The number of ether oxygens (including phenoxy) is 1. The fourth-order valence-electron chi connectivity index (χ4n) is 10.1. The Morgan fingerprint density at radius 3 is 2.09 bits per heavy atom. The van der Waals surface area contributed by atoms with Gasteiger partial charge in [-0.15, -0.1) is 0 Å². The standard InChI is InChI=1S/C44H48N6O6/c1-25-18-32(11-8-28(25)21-45)56-42-43(2,3)41(44(42,4)5)47-37(52)27-6-9-31(10-7-27)49-16-14-26(15-17-49)22-48-23-29-19-33-34(20-30(29)24-48)40(55)50(39(33)54)35-12-13-36(51)46-38(35)53/h6-11,18-20,26,35,41-42H,12-17,22-24H2,1-5H3,(H,47,52)(H,46,51,53). The summed E-state index contributed by atoms with van der Waals surface area (Å²) >= 11 is 0. The highest BCUT2D eigenvalue weighted by Gasteiger charge is 2.64. The normalized spacial score (nSPS) is 24.2. The molecular weight excluding hydrogens is 709 g/mol. The number of fused-ring (bicyclic) bond motifs is 2. The molecule has 12 heteroatoms. The van der Waals surface area contributed by atoms with Crippen LogP contribution in [0.25, 0.3) is 0 Å². The fraction of sp³-hybridized carbons (Fsp3) is 0.455. The average Bonchev–Trinajstić information content (AvgIpc) is 3.67. The molecule has 290 valence electrons. The molecule has 5 aliphatic rings. The third-order valence-electron chi connectivity index (χ3n) is 12.9. The van der Waals surface area contributed by atoms with E-state index in [-0.39, 0.29) is 47.6 Å². The van der Waals surface area contributed by atoms with Crippen LogP contribution in [0.3, 0.4) is 0 Å². The van der Waals surface area contributed by atoms with Gasteiger partial charge in [0.05, 0.1) is 22.8 Å². The number of hydrogen-bond acceptors (Lipinski definition) is 9. The van der Waals surface area contributed by atoms with Crippen molar-refractivity contribution in [2.24, 2.45) is 16.7 Å². The smallest absolute Gasteiger partial charge is 0.262 e. The highest BCUT2D eigenvalue weighted by Crippen LogP contribution is 2.55. The van der Waals surface area contributed by atoms with E-state index in [1.54, 1.807) is 6.07 Å². The zero-order chi connectivity index (χ0) is 39.7. The van der Waals surface area contributed by atoms with Crippen LogP contribution < -0.4 is 20.3 Å². The van der Waals surface area contributed by atoms with Gasteiger partial charge in [0.2, 0.25) is 11.8 Å². The third kappa shape index (κ3) is 6.41. The Morgan fingerprint density at radius 1 is 0.893 bits per heavy atom. The number of nitrogens with one attached hydrogen (secondary N) is 2. The number of nitriles is 1. The molecule has 1 unspecified atom stereocenters. The first kappa shape index (κ1) is 37.4. The molecule has 1 saturated carbocycles. The number of benzene rings is 3. The molecule has 56 heavy (non-hydrogen) atoms. The fourth-order valence-corrected chi connectivity index (χ4v) is 10.1. The molecule has 2 N–H and O–H groups in total. The van der Waals surface area contributed by atoms with Crippen LogP contribution >= 0.6 is 0 Å². The van der Waals surface area contributed by atoms with Crippen molar-refractivity contribution in [3.8, 4) is 11.8 Å². The van der Waals surface area contributed by atoms with Gasteiger partial charge < -0.3 is 15.0 Å². The van der Waals surface area contributed by atoms with E-state index in [0.717, 1.165) is 65.5 Å². The molecule has 0 bridgehead atoms. The summed E-state index contributed by atoms with van der Waals surface area (Å²) in [7, 11) is 0. The van der Waals surface area contributed by atoms with E-state index in [0.29, 0.717) is 41.3 Å². The summed E-state index contributed by atoms with van der Waals surface area (Å²) in [5, 5.41) is 14.8. The van der Waals surface area contributed by atoms with Gasteiger partial charge in [0.25, 0.3) is 17.7 Å². The summed E-state index contributed by atoms with van der Waals surface area (Å²) in [4.78, 5) is 70.0. The van der Waals surface area contributed by atoms with Gasteiger partial charge in [-0.1, -0.05) is 27.7 Å². The van der Waals surface area contributed by atoms with Crippen molar-refractivity contribution in [1.29, 1.82) is 5.26 Å². The Balaban J connectivity index is 0.822. The molecule has 4 aliphatic heterocycles. The summed E-state index contributed by atoms with van der Waals surface area (Å²) in [5.41, 5.74) is 5.33. The third-order valence-corrected chi connectivity index (χ3v) is 12.9. The first-order valence-electron chi connectivity index (χ1n) is 19.6. The van der Waals surface area contributed by atoms with Crippen molar-refractivity contribution in [1.82, 2.24) is 20.4 Å². The zero-order valence-corrected chi connectivity index (χ0v) is 32.6. The predicted molar refractivity (Wildman–Crippen MR) is 208 cm³/mol. The molecule has 3 aromatic carbocycles. The molecule has 3 fully saturated rings. The zero-order valence-electron chi connectivity index (χ0n) is 32.6. The van der Waals surface area contributed by atoms with Crippen molar-refractivity contribution in [3.05, 3.63) is 93.5 Å². The van der Waals surface area contributed by atoms with Crippen LogP contribution in [-0.4, -0.2) is 77.2 Å². The molecule has 0 aromatic heterocycles. The lowest BCUT2D eigenvalue weighted by atomic mass is 9.49. The number of carbonyl (C=O) groups is 5. The maximum atomic E-state index is 13.5. The molecule has 3 aromatic rings. The molecule has 0 radical (unpaired) electrons. The largest absolute Gasteiger partial charge is 0.489 e. The van der Waals surface area contributed by atoms with Crippen LogP contribution in [0.15, 0.2) is 54.6 Å².